The van der Waals surface area contributed by atoms with Crippen LogP contribution in [0.25, 0.3) is 11.0 Å². The molecule has 2 aromatic carbocycles. The van der Waals surface area contributed by atoms with Crippen molar-refractivity contribution in [2.75, 3.05) is 0 Å². The first-order valence-corrected chi connectivity index (χ1v) is 9.32. The van der Waals surface area contributed by atoms with Gasteiger partial charge in [-0.15, -0.1) is 0 Å². The molecule has 3 rings (SSSR count). The number of hydrogen-bond donors (Lipinski definition) is 3. The molecule has 0 aliphatic rings. The fourth-order valence-corrected chi connectivity index (χ4v) is 3.42. The van der Waals surface area contributed by atoms with Crippen LogP contribution in [0.5, 0.6) is 0 Å². The Morgan fingerprint density at radius 3 is 2.59 bits per heavy atom. The molecule has 0 radical (unpaired) electrons. The van der Waals surface area contributed by atoms with Crippen LogP contribution < -0.4 is 16.4 Å². The van der Waals surface area contributed by atoms with Crippen molar-refractivity contribution in [1.82, 2.24) is 20.2 Å². The van der Waals surface area contributed by atoms with Crippen LogP contribution in [-0.2, 0) is 11.3 Å². The van der Waals surface area contributed by atoms with Gasteiger partial charge in [0.05, 0.1) is 27.7 Å². The van der Waals surface area contributed by atoms with Gasteiger partial charge in [-0.1, -0.05) is 35.3 Å². The SMILES string of the molecule is CC(NC(=O)c1ccc(Cl)cc1Cl)c1nc2ccccc2n1CC(=O)NC(N)=O. The number of fused-ring (bicyclic) bond motifs is 1. The zero-order valence-corrected chi connectivity index (χ0v) is 16.8. The number of imidazole rings is 1. The average molecular weight is 434 g/mol. The highest BCUT2D eigenvalue weighted by Gasteiger charge is 2.21. The van der Waals surface area contributed by atoms with Gasteiger partial charge in [-0.2, -0.15) is 0 Å². The lowest BCUT2D eigenvalue weighted by Crippen LogP contribution is -2.38. The van der Waals surface area contributed by atoms with E-state index < -0.39 is 23.9 Å². The lowest BCUT2D eigenvalue weighted by atomic mass is 10.2. The number of halogens is 2. The Labute approximate surface area is 176 Å². The van der Waals surface area contributed by atoms with Gasteiger partial charge < -0.3 is 15.6 Å². The Hall–Kier alpha value is -3.10. The van der Waals surface area contributed by atoms with Crippen molar-refractivity contribution in [1.29, 1.82) is 0 Å². The quantitative estimate of drug-likeness (QED) is 0.572. The summed E-state index contributed by atoms with van der Waals surface area (Å²) in [5.41, 5.74) is 6.59. The predicted octanol–water partition coefficient (Wildman–Crippen LogP) is 3.03. The number of benzene rings is 2. The number of urea groups is 1. The van der Waals surface area contributed by atoms with Crippen LogP contribution >= 0.6 is 23.2 Å². The number of imide groups is 1. The molecule has 0 saturated heterocycles. The molecule has 0 fully saturated rings. The summed E-state index contributed by atoms with van der Waals surface area (Å²) in [6.07, 6.45) is 0. The fraction of sp³-hybridized carbons (Fsp3) is 0.158. The van der Waals surface area contributed by atoms with Crippen molar-refractivity contribution < 1.29 is 14.4 Å². The van der Waals surface area contributed by atoms with Crippen molar-refractivity contribution >= 4 is 52.1 Å². The predicted molar refractivity (Wildman–Crippen MR) is 110 cm³/mol. The molecule has 10 heteroatoms. The van der Waals surface area contributed by atoms with E-state index in [9.17, 15) is 14.4 Å². The monoisotopic (exact) mass is 433 g/mol. The second kappa shape index (κ2) is 8.50. The summed E-state index contributed by atoms with van der Waals surface area (Å²) in [5.74, 6) is -0.579. The van der Waals surface area contributed by atoms with E-state index in [0.29, 0.717) is 21.9 Å². The molecule has 29 heavy (non-hydrogen) atoms. The number of rotatable bonds is 5. The number of amides is 4. The fourth-order valence-electron chi connectivity index (χ4n) is 2.92. The maximum absolute atomic E-state index is 12.6. The first-order valence-electron chi connectivity index (χ1n) is 8.56. The minimum absolute atomic E-state index is 0.194. The smallest absolute Gasteiger partial charge is 0.318 e. The number of nitrogens with two attached hydrogens (primary N) is 1. The molecule has 0 aliphatic heterocycles. The van der Waals surface area contributed by atoms with Gasteiger partial charge in [-0.05, 0) is 37.3 Å². The zero-order valence-electron chi connectivity index (χ0n) is 15.3. The summed E-state index contributed by atoms with van der Waals surface area (Å²) in [7, 11) is 0. The molecule has 1 heterocycles. The van der Waals surface area contributed by atoms with Gasteiger partial charge in [0.2, 0.25) is 5.91 Å². The number of carbonyl (C=O) groups is 3. The van der Waals surface area contributed by atoms with Gasteiger partial charge in [-0.3, -0.25) is 14.9 Å². The summed E-state index contributed by atoms with van der Waals surface area (Å²) < 4.78 is 1.61. The first kappa shape index (κ1) is 20.6. The molecule has 1 atom stereocenters. The third kappa shape index (κ3) is 4.67. The second-order valence-corrected chi connectivity index (χ2v) is 7.12. The summed E-state index contributed by atoms with van der Waals surface area (Å²) in [6, 6.07) is 10.2. The summed E-state index contributed by atoms with van der Waals surface area (Å²) in [4.78, 5) is 40.2. The number of para-hydroxylation sites is 2. The molecule has 1 unspecified atom stereocenters. The average Bonchev–Trinajstić information content (AvgIpc) is 2.99. The van der Waals surface area contributed by atoms with E-state index in [0.717, 1.165) is 0 Å². The van der Waals surface area contributed by atoms with Crippen LogP contribution in [-0.4, -0.2) is 27.4 Å². The van der Waals surface area contributed by atoms with E-state index in [1.54, 1.807) is 35.8 Å². The third-order valence-corrected chi connectivity index (χ3v) is 4.71. The summed E-state index contributed by atoms with van der Waals surface area (Å²) in [6.45, 7) is 1.53. The minimum Gasteiger partial charge on any atom is -0.351 e. The van der Waals surface area contributed by atoms with Gasteiger partial charge >= 0.3 is 6.03 Å². The first-order chi connectivity index (χ1) is 13.8. The summed E-state index contributed by atoms with van der Waals surface area (Å²) in [5, 5.41) is 5.48. The van der Waals surface area contributed by atoms with Crippen molar-refractivity contribution in [2.24, 2.45) is 5.73 Å². The van der Waals surface area contributed by atoms with Crippen LogP contribution in [0.3, 0.4) is 0 Å². The van der Waals surface area contributed by atoms with E-state index in [1.807, 2.05) is 11.4 Å². The number of nitrogens with zero attached hydrogens (tertiary/aromatic N) is 2. The molecule has 0 saturated carbocycles. The van der Waals surface area contributed by atoms with E-state index in [1.165, 1.54) is 12.1 Å². The molecular weight excluding hydrogens is 417 g/mol. The molecule has 4 N–H and O–H groups in total. The molecule has 0 bridgehead atoms. The number of carbonyl (C=O) groups excluding carboxylic acids is 3. The number of primary amides is 1. The standard InChI is InChI=1S/C19H17Cl2N5O3/c1-10(23-18(28)12-7-6-11(20)8-13(12)21)17-24-14-4-2-3-5-15(14)26(17)9-16(27)25-19(22)29/h2-8,10H,9H2,1H3,(H,23,28)(H3,22,25,27,29). The van der Waals surface area contributed by atoms with Gasteiger partial charge in [0, 0.05) is 5.02 Å². The van der Waals surface area contributed by atoms with Crippen molar-refractivity contribution in [2.45, 2.75) is 19.5 Å². The van der Waals surface area contributed by atoms with Crippen LogP contribution in [0.1, 0.15) is 29.1 Å². The highest BCUT2D eigenvalue weighted by Crippen LogP contribution is 2.24. The molecular formula is C19H17Cl2N5O3. The normalized spacial score (nSPS) is 11.8. The van der Waals surface area contributed by atoms with Crippen molar-refractivity contribution in [3.8, 4) is 0 Å². The Kier molecular flexibility index (Phi) is 6.05. The number of hydrogen-bond acceptors (Lipinski definition) is 4. The van der Waals surface area contributed by atoms with Crippen molar-refractivity contribution in [3.63, 3.8) is 0 Å². The van der Waals surface area contributed by atoms with Gasteiger partial charge in [0.1, 0.15) is 12.4 Å². The van der Waals surface area contributed by atoms with Gasteiger partial charge in [-0.25, -0.2) is 9.78 Å². The highest BCUT2D eigenvalue weighted by atomic mass is 35.5. The summed E-state index contributed by atoms with van der Waals surface area (Å²) >= 11 is 12.0. The maximum Gasteiger partial charge on any atom is 0.318 e. The Bertz CT molecular complexity index is 1110. The van der Waals surface area contributed by atoms with Crippen LogP contribution in [0, 0.1) is 0 Å². The van der Waals surface area contributed by atoms with E-state index in [4.69, 9.17) is 28.9 Å². The lowest BCUT2D eigenvalue weighted by molar-refractivity contribution is -0.120. The number of nitrogens with one attached hydrogen (secondary N) is 2. The maximum atomic E-state index is 12.6. The second-order valence-electron chi connectivity index (χ2n) is 6.28. The molecule has 3 aromatic rings. The molecule has 150 valence electrons. The minimum atomic E-state index is -0.945. The lowest BCUT2D eigenvalue weighted by Gasteiger charge is -2.16. The highest BCUT2D eigenvalue weighted by molar-refractivity contribution is 6.36. The molecule has 8 nitrogen and oxygen atoms in total. The Balaban J connectivity index is 1.91. The van der Waals surface area contributed by atoms with E-state index in [-0.39, 0.29) is 17.1 Å². The third-order valence-electron chi connectivity index (χ3n) is 4.16. The number of aromatic nitrogens is 2. The van der Waals surface area contributed by atoms with E-state index in [2.05, 4.69) is 10.3 Å². The Morgan fingerprint density at radius 2 is 1.90 bits per heavy atom. The Morgan fingerprint density at radius 1 is 1.17 bits per heavy atom. The molecule has 4 amide bonds. The zero-order chi connectivity index (χ0) is 21.1. The molecule has 1 aromatic heterocycles. The van der Waals surface area contributed by atoms with Crippen LogP contribution in [0.15, 0.2) is 42.5 Å². The molecule has 0 spiro atoms. The van der Waals surface area contributed by atoms with Gasteiger partial charge in [0.15, 0.2) is 0 Å². The topological polar surface area (TPSA) is 119 Å². The largest absolute Gasteiger partial charge is 0.351 e. The van der Waals surface area contributed by atoms with Crippen LogP contribution in [0.2, 0.25) is 10.0 Å². The molecule has 0 aliphatic carbocycles. The van der Waals surface area contributed by atoms with E-state index >= 15 is 0 Å². The van der Waals surface area contributed by atoms with Crippen molar-refractivity contribution in [3.05, 3.63) is 63.9 Å². The van der Waals surface area contributed by atoms with Gasteiger partial charge in [0.25, 0.3) is 5.91 Å². The van der Waals surface area contributed by atoms with Crippen LogP contribution in [0.4, 0.5) is 4.79 Å².